The van der Waals surface area contributed by atoms with Crippen molar-refractivity contribution in [3.8, 4) is 0 Å². The molecule has 0 atom stereocenters. The fraction of sp³-hybridized carbons (Fsp3) is 0.368. The lowest BCUT2D eigenvalue weighted by Gasteiger charge is -2.10. The first-order valence-electron chi connectivity index (χ1n) is 7.04. The van der Waals surface area contributed by atoms with Gasteiger partial charge in [-0.05, 0) is 104 Å². The Morgan fingerprint density at radius 2 is 1.50 bits per heavy atom. The van der Waals surface area contributed by atoms with Crippen molar-refractivity contribution in [1.82, 2.24) is 0 Å². The van der Waals surface area contributed by atoms with Crippen molar-refractivity contribution in [3.63, 3.8) is 0 Å². The van der Waals surface area contributed by atoms with Crippen LogP contribution < -0.4 is 0 Å². The van der Waals surface area contributed by atoms with E-state index in [1.807, 2.05) is 0 Å². The van der Waals surface area contributed by atoms with Gasteiger partial charge in [0.05, 0.1) is 0 Å². The lowest BCUT2D eigenvalue weighted by atomic mass is 9.97. The summed E-state index contributed by atoms with van der Waals surface area (Å²) in [6.45, 7) is 15.2. The number of hydrogen-bond acceptors (Lipinski definition) is 0. The minimum absolute atomic E-state index is 1.32. The van der Waals surface area contributed by atoms with Gasteiger partial charge < -0.3 is 0 Å². The number of benzene rings is 1. The van der Waals surface area contributed by atoms with Crippen LogP contribution >= 0.6 is 22.6 Å². The lowest BCUT2D eigenvalue weighted by Crippen LogP contribution is -1.91. The van der Waals surface area contributed by atoms with Crippen LogP contribution in [0.3, 0.4) is 0 Å². The van der Waals surface area contributed by atoms with Gasteiger partial charge in [0.25, 0.3) is 0 Å². The summed E-state index contributed by atoms with van der Waals surface area (Å²) in [6, 6.07) is 4.57. The van der Waals surface area contributed by atoms with Gasteiger partial charge >= 0.3 is 0 Å². The average molecular weight is 380 g/mol. The zero-order valence-corrected chi connectivity index (χ0v) is 15.8. The molecule has 0 bridgehead atoms. The van der Waals surface area contributed by atoms with Crippen molar-refractivity contribution in [3.05, 3.63) is 61.3 Å². The molecule has 1 rings (SSSR count). The van der Waals surface area contributed by atoms with E-state index in [2.05, 4.69) is 95.3 Å². The summed E-state index contributed by atoms with van der Waals surface area (Å²) in [5, 5.41) is 0. The highest BCUT2D eigenvalue weighted by atomic mass is 127. The molecule has 0 aliphatic heterocycles. The molecule has 0 nitrogen and oxygen atoms in total. The maximum Gasteiger partial charge on any atom is 0.0189 e. The van der Waals surface area contributed by atoms with Crippen LogP contribution in [0.5, 0.6) is 0 Å². The van der Waals surface area contributed by atoms with Crippen molar-refractivity contribution in [1.29, 1.82) is 0 Å². The summed E-state index contributed by atoms with van der Waals surface area (Å²) in [7, 11) is 0. The van der Waals surface area contributed by atoms with Gasteiger partial charge in [-0.2, -0.15) is 0 Å². The third-order valence-corrected chi connectivity index (χ3v) is 5.64. The third kappa shape index (κ3) is 4.08. The Bertz CT molecular complexity index is 575. The van der Waals surface area contributed by atoms with Crippen LogP contribution in [0, 0.1) is 17.4 Å². The number of hydrogen-bond donors (Lipinski definition) is 0. The van der Waals surface area contributed by atoms with E-state index < -0.39 is 0 Å². The maximum absolute atomic E-state index is 2.42. The molecule has 0 saturated heterocycles. The molecule has 0 amide bonds. The van der Waals surface area contributed by atoms with E-state index in [0.717, 1.165) is 0 Å². The Kier molecular flexibility index (Phi) is 6.25. The van der Waals surface area contributed by atoms with Crippen LogP contribution in [0.1, 0.15) is 51.3 Å². The standard InChI is InChI=1S/C19H25I/c1-8-12(2)17(7)13(3)9-14(4)18-10-15(5)19(20)16(6)11-18/h8-11H,1-7H3/b12-8-,14-9+,17-13-. The van der Waals surface area contributed by atoms with Crippen molar-refractivity contribution < 1.29 is 0 Å². The van der Waals surface area contributed by atoms with E-state index in [9.17, 15) is 0 Å². The van der Waals surface area contributed by atoms with Crippen molar-refractivity contribution in [2.45, 2.75) is 48.5 Å². The second-order valence-corrected chi connectivity index (χ2v) is 6.61. The molecular weight excluding hydrogens is 355 g/mol. The van der Waals surface area contributed by atoms with Gasteiger partial charge in [0, 0.05) is 3.57 Å². The Hall–Kier alpha value is -0.830. The predicted octanol–water partition coefficient (Wildman–Crippen LogP) is 6.61. The molecular formula is C19H25I. The molecule has 1 heteroatoms. The zero-order chi connectivity index (χ0) is 15.4. The normalized spacial score (nSPS) is 14.4. The average Bonchev–Trinajstić information content (AvgIpc) is 2.42. The molecule has 20 heavy (non-hydrogen) atoms. The summed E-state index contributed by atoms with van der Waals surface area (Å²) in [5.74, 6) is 0. The van der Waals surface area contributed by atoms with E-state index >= 15 is 0 Å². The second-order valence-electron chi connectivity index (χ2n) is 5.53. The zero-order valence-electron chi connectivity index (χ0n) is 13.7. The van der Waals surface area contributed by atoms with Gasteiger partial charge in [-0.15, -0.1) is 0 Å². The van der Waals surface area contributed by atoms with E-state index in [1.54, 1.807) is 0 Å². The highest BCUT2D eigenvalue weighted by Crippen LogP contribution is 2.25. The largest absolute Gasteiger partial charge is 0.0844 e. The molecule has 0 unspecified atom stereocenters. The molecule has 0 fully saturated rings. The first-order chi connectivity index (χ1) is 9.27. The van der Waals surface area contributed by atoms with Crippen LogP contribution in [0.15, 0.2) is 41.0 Å². The molecule has 1 aromatic carbocycles. The summed E-state index contributed by atoms with van der Waals surface area (Å²) in [4.78, 5) is 0. The fourth-order valence-corrected chi connectivity index (χ4v) is 2.53. The quantitative estimate of drug-likeness (QED) is 0.409. The van der Waals surface area contributed by atoms with E-state index in [1.165, 1.54) is 42.6 Å². The molecule has 108 valence electrons. The highest BCUT2D eigenvalue weighted by Gasteiger charge is 2.04. The third-order valence-electron chi connectivity index (χ3n) is 3.94. The lowest BCUT2D eigenvalue weighted by molar-refractivity contribution is 1.26. The molecule has 0 saturated carbocycles. The number of allylic oxidation sites excluding steroid dienone is 6. The van der Waals surface area contributed by atoms with Gasteiger partial charge in [-0.1, -0.05) is 29.9 Å². The van der Waals surface area contributed by atoms with Crippen LogP contribution in [0.25, 0.3) is 5.57 Å². The number of halogens is 1. The molecule has 0 heterocycles. The molecule has 0 aliphatic carbocycles. The first kappa shape index (κ1) is 17.2. The van der Waals surface area contributed by atoms with Crippen molar-refractivity contribution >= 4 is 28.2 Å². The summed E-state index contributed by atoms with van der Waals surface area (Å²) < 4.78 is 1.37. The molecule has 0 aromatic heterocycles. The molecule has 0 aliphatic rings. The fourth-order valence-electron chi connectivity index (χ4n) is 2.22. The molecule has 0 radical (unpaired) electrons. The van der Waals surface area contributed by atoms with Crippen LogP contribution in [-0.4, -0.2) is 0 Å². The van der Waals surface area contributed by atoms with E-state index in [0.29, 0.717) is 0 Å². The van der Waals surface area contributed by atoms with E-state index in [4.69, 9.17) is 0 Å². The number of aryl methyl sites for hydroxylation is 2. The van der Waals surface area contributed by atoms with Gasteiger partial charge in [0.2, 0.25) is 0 Å². The molecule has 1 aromatic rings. The molecule has 0 spiro atoms. The predicted molar refractivity (Wildman–Crippen MR) is 100 cm³/mol. The first-order valence-corrected chi connectivity index (χ1v) is 8.12. The topological polar surface area (TPSA) is 0 Å². The second kappa shape index (κ2) is 7.26. The Balaban J connectivity index is 3.25. The summed E-state index contributed by atoms with van der Waals surface area (Å²) >= 11 is 2.42. The monoisotopic (exact) mass is 380 g/mol. The Labute approximate surface area is 137 Å². The van der Waals surface area contributed by atoms with Gasteiger partial charge in [0.1, 0.15) is 0 Å². The Morgan fingerprint density at radius 3 is 1.95 bits per heavy atom. The Morgan fingerprint density at radius 1 is 1.00 bits per heavy atom. The van der Waals surface area contributed by atoms with Crippen molar-refractivity contribution in [2.24, 2.45) is 0 Å². The SMILES string of the molecule is C\C=C(C)/C(C)=C(C)\C=C(/C)c1cc(C)c(I)c(C)c1. The van der Waals surface area contributed by atoms with Crippen LogP contribution in [-0.2, 0) is 0 Å². The van der Waals surface area contributed by atoms with Crippen molar-refractivity contribution in [2.75, 3.05) is 0 Å². The van der Waals surface area contributed by atoms with Gasteiger partial charge in [0.15, 0.2) is 0 Å². The number of rotatable bonds is 3. The minimum Gasteiger partial charge on any atom is -0.0844 e. The van der Waals surface area contributed by atoms with Gasteiger partial charge in [-0.3, -0.25) is 0 Å². The summed E-state index contributed by atoms with van der Waals surface area (Å²) in [6.07, 6.45) is 4.46. The summed E-state index contributed by atoms with van der Waals surface area (Å²) in [5.41, 5.74) is 9.42. The smallest absolute Gasteiger partial charge is 0.0189 e. The maximum atomic E-state index is 2.42. The van der Waals surface area contributed by atoms with Crippen LogP contribution in [0.2, 0.25) is 0 Å². The molecule has 0 N–H and O–H groups in total. The van der Waals surface area contributed by atoms with Crippen LogP contribution in [0.4, 0.5) is 0 Å². The van der Waals surface area contributed by atoms with Gasteiger partial charge in [-0.25, -0.2) is 0 Å². The van der Waals surface area contributed by atoms with E-state index in [-0.39, 0.29) is 0 Å². The minimum atomic E-state index is 1.32. The highest BCUT2D eigenvalue weighted by molar-refractivity contribution is 14.1.